The molecule has 0 saturated carbocycles. The molecule has 2 N–H and O–H groups in total. The normalized spacial score (nSPS) is 11.8. The molecule has 1 amide bonds. The van der Waals surface area contributed by atoms with E-state index in [4.69, 9.17) is 13.9 Å². The number of amides is 1. The van der Waals surface area contributed by atoms with E-state index >= 15 is 0 Å². The predicted molar refractivity (Wildman–Crippen MR) is 91.7 cm³/mol. The first-order chi connectivity index (χ1) is 12.1. The van der Waals surface area contributed by atoms with Gasteiger partial charge in [0.2, 0.25) is 0 Å². The molecule has 0 spiro atoms. The van der Waals surface area contributed by atoms with Crippen molar-refractivity contribution in [2.75, 3.05) is 14.2 Å². The van der Waals surface area contributed by atoms with Crippen molar-refractivity contribution in [3.8, 4) is 23.0 Å². The van der Waals surface area contributed by atoms with Crippen LogP contribution in [0.3, 0.4) is 0 Å². The summed E-state index contributed by atoms with van der Waals surface area (Å²) in [5.41, 5.74) is 1.77. The van der Waals surface area contributed by atoms with E-state index in [0.717, 1.165) is 5.56 Å². The van der Waals surface area contributed by atoms with E-state index < -0.39 is 0 Å². The molecule has 3 rings (SSSR count). The van der Waals surface area contributed by atoms with E-state index in [2.05, 4.69) is 15.5 Å². The first-order valence-corrected chi connectivity index (χ1v) is 7.74. The summed E-state index contributed by atoms with van der Waals surface area (Å²) in [4.78, 5) is 12.4. The average Bonchev–Trinajstić information content (AvgIpc) is 3.32. The largest absolute Gasteiger partial charge is 0.497 e. The maximum atomic E-state index is 12.4. The fourth-order valence-corrected chi connectivity index (χ4v) is 2.52. The highest BCUT2D eigenvalue weighted by Crippen LogP contribution is 2.29. The van der Waals surface area contributed by atoms with Gasteiger partial charge in [0.05, 0.1) is 26.5 Å². The molecule has 3 aromatic rings. The molecule has 0 unspecified atom stereocenters. The zero-order valence-corrected chi connectivity index (χ0v) is 14.2. The van der Waals surface area contributed by atoms with Crippen LogP contribution < -0.4 is 14.8 Å². The number of aromatic amines is 1. The van der Waals surface area contributed by atoms with E-state index in [1.54, 1.807) is 44.7 Å². The van der Waals surface area contributed by atoms with Crippen molar-refractivity contribution >= 4 is 5.91 Å². The number of nitrogens with zero attached hydrogens (tertiary/aromatic N) is 1. The first kappa shape index (κ1) is 16.6. The number of furan rings is 1. The van der Waals surface area contributed by atoms with Gasteiger partial charge in [-0.2, -0.15) is 5.10 Å². The molecule has 0 radical (unpaired) electrons. The highest BCUT2D eigenvalue weighted by atomic mass is 16.5. The number of hydrogen-bond donors (Lipinski definition) is 2. The molecule has 2 heterocycles. The number of hydrogen-bond acceptors (Lipinski definition) is 5. The van der Waals surface area contributed by atoms with Crippen LogP contribution in [0.4, 0.5) is 0 Å². The van der Waals surface area contributed by atoms with Gasteiger partial charge in [0, 0.05) is 17.7 Å². The van der Waals surface area contributed by atoms with Crippen molar-refractivity contribution < 1.29 is 18.7 Å². The predicted octanol–water partition coefficient (Wildman–Crippen LogP) is 3.18. The maximum absolute atomic E-state index is 12.4. The number of ether oxygens (including phenoxy) is 2. The Morgan fingerprint density at radius 2 is 2.08 bits per heavy atom. The lowest BCUT2D eigenvalue weighted by Gasteiger charge is -2.17. The first-order valence-electron chi connectivity index (χ1n) is 7.74. The lowest BCUT2D eigenvalue weighted by atomic mass is 10.1. The quantitative estimate of drug-likeness (QED) is 0.719. The summed E-state index contributed by atoms with van der Waals surface area (Å²) in [6.45, 7) is 1.88. The molecule has 0 bridgehead atoms. The van der Waals surface area contributed by atoms with Gasteiger partial charge in [-0.05, 0) is 31.2 Å². The molecule has 0 aliphatic heterocycles. The smallest absolute Gasteiger partial charge is 0.272 e. The Morgan fingerprint density at radius 3 is 2.76 bits per heavy atom. The summed E-state index contributed by atoms with van der Waals surface area (Å²) in [6.07, 6.45) is 1.56. The summed E-state index contributed by atoms with van der Waals surface area (Å²) in [5, 5.41) is 9.74. The van der Waals surface area contributed by atoms with Gasteiger partial charge >= 0.3 is 0 Å². The topological polar surface area (TPSA) is 89.4 Å². The van der Waals surface area contributed by atoms with Gasteiger partial charge in [-0.3, -0.25) is 9.89 Å². The highest BCUT2D eigenvalue weighted by molar-refractivity contribution is 5.93. The number of aromatic nitrogens is 2. The molecular weight excluding hydrogens is 322 g/mol. The molecule has 0 aliphatic rings. The summed E-state index contributed by atoms with van der Waals surface area (Å²) in [5.74, 6) is 1.66. The Balaban J connectivity index is 1.75. The second-order valence-electron chi connectivity index (χ2n) is 5.45. The molecule has 0 saturated heterocycles. The van der Waals surface area contributed by atoms with Crippen LogP contribution >= 0.6 is 0 Å². The van der Waals surface area contributed by atoms with Crippen molar-refractivity contribution in [3.05, 3.63) is 53.9 Å². The summed E-state index contributed by atoms with van der Waals surface area (Å²) < 4.78 is 15.9. The van der Waals surface area contributed by atoms with Crippen LogP contribution in [-0.4, -0.2) is 30.3 Å². The average molecular weight is 341 g/mol. The SMILES string of the molecule is COc1ccc([C@H](C)NC(=O)c2cc(-c3ccco3)[nH]n2)c(OC)c1. The van der Waals surface area contributed by atoms with Crippen LogP contribution in [0.15, 0.2) is 47.1 Å². The molecule has 25 heavy (non-hydrogen) atoms. The molecule has 2 aromatic heterocycles. The maximum Gasteiger partial charge on any atom is 0.272 e. The Morgan fingerprint density at radius 1 is 1.24 bits per heavy atom. The highest BCUT2D eigenvalue weighted by Gasteiger charge is 2.18. The number of H-pyrrole nitrogens is 1. The van der Waals surface area contributed by atoms with Crippen LogP contribution in [0, 0.1) is 0 Å². The van der Waals surface area contributed by atoms with E-state index in [-0.39, 0.29) is 17.6 Å². The third-order valence-electron chi connectivity index (χ3n) is 3.85. The summed E-state index contributed by atoms with van der Waals surface area (Å²) >= 11 is 0. The Kier molecular flexibility index (Phi) is 4.74. The Hall–Kier alpha value is -3.22. The number of benzene rings is 1. The second kappa shape index (κ2) is 7.12. The third-order valence-corrected chi connectivity index (χ3v) is 3.85. The number of rotatable bonds is 6. The monoisotopic (exact) mass is 341 g/mol. The minimum Gasteiger partial charge on any atom is -0.497 e. The van der Waals surface area contributed by atoms with Crippen molar-refractivity contribution in [1.29, 1.82) is 0 Å². The number of nitrogens with one attached hydrogen (secondary N) is 2. The zero-order valence-electron chi connectivity index (χ0n) is 14.2. The van der Waals surface area contributed by atoms with Crippen LogP contribution in [0.1, 0.15) is 29.0 Å². The lowest BCUT2D eigenvalue weighted by molar-refractivity contribution is 0.0934. The molecular formula is C18H19N3O4. The molecule has 1 aromatic carbocycles. The van der Waals surface area contributed by atoms with E-state index in [9.17, 15) is 4.79 Å². The van der Waals surface area contributed by atoms with E-state index in [1.807, 2.05) is 19.1 Å². The fourth-order valence-electron chi connectivity index (χ4n) is 2.52. The van der Waals surface area contributed by atoms with Crippen LogP contribution in [-0.2, 0) is 0 Å². The van der Waals surface area contributed by atoms with Crippen molar-refractivity contribution in [2.24, 2.45) is 0 Å². The Labute approximate surface area is 145 Å². The minimum atomic E-state index is -0.292. The molecule has 0 fully saturated rings. The van der Waals surface area contributed by atoms with Crippen LogP contribution in [0.5, 0.6) is 11.5 Å². The molecule has 1 atom stereocenters. The van der Waals surface area contributed by atoms with Crippen molar-refractivity contribution in [3.63, 3.8) is 0 Å². The summed E-state index contributed by atoms with van der Waals surface area (Å²) in [6, 6.07) is 10.4. The van der Waals surface area contributed by atoms with Crippen LogP contribution in [0.2, 0.25) is 0 Å². The van der Waals surface area contributed by atoms with Gasteiger partial charge in [0.1, 0.15) is 17.2 Å². The van der Waals surface area contributed by atoms with Crippen LogP contribution in [0.25, 0.3) is 11.5 Å². The van der Waals surface area contributed by atoms with Crippen molar-refractivity contribution in [1.82, 2.24) is 15.5 Å². The molecule has 7 heteroatoms. The number of carbonyl (C=O) groups excluding carboxylic acids is 1. The third kappa shape index (κ3) is 3.50. The molecule has 130 valence electrons. The van der Waals surface area contributed by atoms with E-state index in [0.29, 0.717) is 23.0 Å². The van der Waals surface area contributed by atoms with E-state index in [1.165, 1.54) is 0 Å². The van der Waals surface area contributed by atoms with Gasteiger partial charge in [-0.25, -0.2) is 0 Å². The van der Waals surface area contributed by atoms with Gasteiger partial charge in [-0.1, -0.05) is 0 Å². The molecule has 7 nitrogen and oxygen atoms in total. The standard InChI is InChI=1S/C18H19N3O4/c1-11(13-7-6-12(23-2)9-17(13)24-3)19-18(22)15-10-14(20-21-15)16-5-4-8-25-16/h4-11H,1-3H3,(H,19,22)(H,20,21)/t11-/m0/s1. The van der Waals surface area contributed by atoms with Gasteiger partial charge in [0.25, 0.3) is 5.91 Å². The Bertz CT molecular complexity index is 855. The summed E-state index contributed by atoms with van der Waals surface area (Å²) in [7, 11) is 3.17. The van der Waals surface area contributed by atoms with Crippen molar-refractivity contribution in [2.45, 2.75) is 13.0 Å². The minimum absolute atomic E-state index is 0.267. The number of carbonyl (C=O) groups is 1. The van der Waals surface area contributed by atoms with Gasteiger partial charge < -0.3 is 19.2 Å². The second-order valence-corrected chi connectivity index (χ2v) is 5.45. The lowest BCUT2D eigenvalue weighted by Crippen LogP contribution is -2.27. The molecule has 0 aliphatic carbocycles. The van der Waals surface area contributed by atoms with Gasteiger partial charge in [0.15, 0.2) is 11.5 Å². The van der Waals surface area contributed by atoms with Gasteiger partial charge in [-0.15, -0.1) is 0 Å². The number of methoxy groups -OCH3 is 2. The zero-order chi connectivity index (χ0) is 17.8. The fraction of sp³-hybridized carbons (Fsp3) is 0.222.